The molecule has 0 saturated carbocycles. The van der Waals surface area contributed by atoms with Crippen LogP contribution in [0.25, 0.3) is 0 Å². The Kier molecular flexibility index (Phi) is 36.0. The van der Waals surface area contributed by atoms with Gasteiger partial charge in [0.25, 0.3) is 5.91 Å². The van der Waals surface area contributed by atoms with Crippen LogP contribution in [0.5, 0.6) is 5.75 Å². The maximum Gasteiger partial charge on any atom is 0.251 e. The summed E-state index contributed by atoms with van der Waals surface area (Å²) < 4.78 is 71.6. The third kappa shape index (κ3) is 24.9. The molecule has 36 nitrogen and oxygen atoms in total. The molecule has 1 aromatic carbocycles. The van der Waals surface area contributed by atoms with E-state index in [-0.39, 0.29) is 5.56 Å². The van der Waals surface area contributed by atoms with Crippen LogP contribution >= 0.6 is 0 Å². The lowest BCUT2D eigenvalue weighted by Crippen LogP contribution is -2.69. The van der Waals surface area contributed by atoms with Crippen molar-refractivity contribution in [2.24, 2.45) is 0 Å². The fraction of sp³-hybridized carbons (Fsp3) is 0.794. The van der Waals surface area contributed by atoms with Gasteiger partial charge in [-0.05, 0) is 64.7 Å². The fourth-order valence-electron chi connectivity index (χ4n) is 11.3. The number of ether oxygens (including phenoxy) is 12. The molecule has 36 heteroatoms. The maximum absolute atomic E-state index is 13.9. The van der Waals surface area contributed by atoms with E-state index in [0.29, 0.717) is 18.8 Å². The number of unbranched alkanes of at least 4 members (excludes halogenated alkanes) is 5. The van der Waals surface area contributed by atoms with Gasteiger partial charge in [-0.1, -0.05) is 44.4 Å². The Labute approximate surface area is 573 Å². The van der Waals surface area contributed by atoms with Crippen LogP contribution in [0.4, 0.5) is 0 Å². The second-order valence-electron chi connectivity index (χ2n) is 24.8. The van der Waals surface area contributed by atoms with Gasteiger partial charge in [-0.2, -0.15) is 0 Å². The Bertz CT molecular complexity index is 2620. The molecule has 4 aliphatic heterocycles. The van der Waals surface area contributed by atoms with Gasteiger partial charge in [-0.3, -0.25) is 24.0 Å². The largest absolute Gasteiger partial charge is 0.494 e. The molecule has 5 amide bonds. The highest BCUT2D eigenvalue weighted by Gasteiger charge is 2.54. The van der Waals surface area contributed by atoms with E-state index in [9.17, 15) is 95.5 Å². The molecule has 15 unspecified atom stereocenters. The van der Waals surface area contributed by atoms with Crippen LogP contribution in [0.15, 0.2) is 36.4 Å². The number of amides is 5. The minimum atomic E-state index is -2.21. The summed E-state index contributed by atoms with van der Waals surface area (Å²) in [5.74, 6) is -3.60. The van der Waals surface area contributed by atoms with Gasteiger partial charge in [0, 0.05) is 33.3 Å². The fourth-order valence-corrected chi connectivity index (χ4v) is 11.3. The zero-order valence-corrected chi connectivity index (χ0v) is 56.7. The standard InChI is InChI=1S/C63H105N5O31/c1-9-10-11-12-13-14-15-16-17-21-88-37-20-18-19-36(22-37)56(85)68-44-49(80)48(79)40(25-71)95-61(44)98-54-41(26-72)96-59(45(50(54)81)65-33(6)75)90-29(2)39(24-70)94-63(57(86)67-35(8)77)99-55-42(27-73)97-60(46(51(55)82)66-34(7)76)91-30(3)43(93-58(87)38(23-69)64-32(5)74)28-89-62-53(84)52(83)47(78)31(4)92-62/h14-15,18-20,22,29-31,38-55,57-63,69-73,78-84,86-87H,9-13,16-17,21,23-28H2,1-8H3,(H,64,74)(H,65,75)(H,66,76)(H,67,77)(H,68,85)/b15-14-/t29?,30?,31?,38-,39?,40?,41-,42-,43?,44-,45?,46?,47?,48+,49+,50?,51?,52-,53+,54+,55+,57?,58?,59+,60?,61?,62+,63-/m0/s1. The number of aliphatic hydroxyl groups excluding tert-OH is 14. The second kappa shape index (κ2) is 42.0. The van der Waals surface area contributed by atoms with Crippen molar-refractivity contribution in [3.05, 3.63) is 42.0 Å². The van der Waals surface area contributed by atoms with Crippen molar-refractivity contribution in [2.45, 2.75) is 272 Å². The predicted molar refractivity (Wildman–Crippen MR) is 337 cm³/mol. The normalized spacial score (nSPS) is 32.9. The highest BCUT2D eigenvalue weighted by molar-refractivity contribution is 5.94. The summed E-state index contributed by atoms with van der Waals surface area (Å²) in [6.45, 7) is 5.20. The van der Waals surface area contributed by atoms with Crippen LogP contribution in [0.1, 0.15) is 111 Å². The van der Waals surface area contributed by atoms with E-state index in [1.807, 2.05) is 0 Å². The lowest BCUT2D eigenvalue weighted by molar-refractivity contribution is -0.348. The highest BCUT2D eigenvalue weighted by Crippen LogP contribution is 2.34. The van der Waals surface area contributed by atoms with Crippen molar-refractivity contribution < 1.29 is 152 Å². The molecule has 0 aromatic heterocycles. The van der Waals surface area contributed by atoms with Gasteiger partial charge >= 0.3 is 0 Å². The summed E-state index contributed by atoms with van der Waals surface area (Å²) in [6.07, 6.45) is -30.6. The topological polar surface area (TPSA) is 539 Å². The molecule has 1 aromatic rings. The molecule has 0 aliphatic carbocycles. The van der Waals surface area contributed by atoms with Crippen molar-refractivity contribution in [1.82, 2.24) is 26.6 Å². The Balaban J connectivity index is 1.34. The molecule has 568 valence electrons. The molecule has 4 saturated heterocycles. The van der Waals surface area contributed by atoms with Gasteiger partial charge in [-0.25, -0.2) is 0 Å². The molecule has 0 radical (unpaired) electrons. The first-order valence-electron chi connectivity index (χ1n) is 33.1. The van der Waals surface area contributed by atoms with E-state index in [1.165, 1.54) is 45.7 Å². The Morgan fingerprint density at radius 1 is 0.566 bits per heavy atom. The van der Waals surface area contributed by atoms with Gasteiger partial charge in [0.05, 0.1) is 64.6 Å². The van der Waals surface area contributed by atoms with E-state index in [1.54, 1.807) is 12.1 Å². The van der Waals surface area contributed by atoms with Gasteiger partial charge in [0.2, 0.25) is 29.9 Å². The van der Waals surface area contributed by atoms with Gasteiger partial charge < -0.3 is 155 Å². The van der Waals surface area contributed by atoms with Crippen LogP contribution in [0, 0.1) is 0 Å². The third-order valence-corrected chi connectivity index (χ3v) is 16.8. The van der Waals surface area contributed by atoms with Crippen molar-refractivity contribution in [3.8, 4) is 5.75 Å². The van der Waals surface area contributed by atoms with Crippen molar-refractivity contribution in [2.75, 3.05) is 46.2 Å². The molecule has 4 aliphatic rings. The molecular formula is C63H105N5O31. The molecule has 0 bridgehead atoms. The van der Waals surface area contributed by atoms with E-state index >= 15 is 0 Å². The first kappa shape index (κ1) is 84.8. The second-order valence-corrected chi connectivity index (χ2v) is 24.8. The molecule has 19 N–H and O–H groups in total. The summed E-state index contributed by atoms with van der Waals surface area (Å²) in [7, 11) is 0. The maximum atomic E-state index is 13.9. The van der Waals surface area contributed by atoms with Crippen LogP contribution in [0.3, 0.4) is 0 Å². The molecule has 5 rings (SSSR count). The van der Waals surface area contributed by atoms with Crippen molar-refractivity contribution in [3.63, 3.8) is 0 Å². The van der Waals surface area contributed by atoms with Crippen molar-refractivity contribution >= 4 is 29.5 Å². The number of aliphatic hydroxyl groups is 14. The molecule has 4 fully saturated rings. The van der Waals surface area contributed by atoms with Gasteiger partial charge in [-0.15, -0.1) is 0 Å². The number of carbonyl (C=O) groups excluding carboxylic acids is 5. The zero-order valence-electron chi connectivity index (χ0n) is 56.7. The van der Waals surface area contributed by atoms with E-state index in [2.05, 4.69) is 45.7 Å². The minimum Gasteiger partial charge on any atom is -0.494 e. The predicted octanol–water partition coefficient (Wildman–Crippen LogP) is -6.14. The number of allylic oxidation sites excluding steroid dienone is 2. The minimum absolute atomic E-state index is 0.0550. The van der Waals surface area contributed by atoms with Crippen molar-refractivity contribution in [1.29, 1.82) is 0 Å². The summed E-state index contributed by atoms with van der Waals surface area (Å²) in [6, 6.07) is -0.357. The zero-order chi connectivity index (χ0) is 73.4. The van der Waals surface area contributed by atoms with E-state index < -0.39 is 241 Å². The van der Waals surface area contributed by atoms with Crippen LogP contribution in [0.2, 0.25) is 0 Å². The SMILES string of the molecule is CCCCCC/C=C\CCCOc1cccc(C(=O)N[C@@H]2C(O[C@H]3C(O)C(NC(C)=O)[C@H](OC(C)C(CO)O[C@@H](O[C@H]4C(O)C(NC(C)=O)C(OC(C)C(CO[C@@H]5OC(C)C(O)[C@H](O)[C@H]5O)OC(O)[C@H](CO)NC(C)=O)O[C@H]4CO)C(O)NC(C)=O)O[C@H]3CO)OC(CO)[C@@H](O)[C@@H]2O)c1. The number of hydrogen-bond donors (Lipinski definition) is 19. The summed E-state index contributed by atoms with van der Waals surface area (Å²) in [5, 5.41) is 165. The van der Waals surface area contributed by atoms with Crippen LogP contribution in [-0.2, 0) is 71.3 Å². The quantitative estimate of drug-likeness (QED) is 0.0165. The number of nitrogens with one attached hydrogen (secondary N) is 5. The van der Waals surface area contributed by atoms with E-state index in [4.69, 9.17) is 56.8 Å². The highest BCUT2D eigenvalue weighted by atomic mass is 16.8. The Morgan fingerprint density at radius 2 is 1.13 bits per heavy atom. The lowest BCUT2D eigenvalue weighted by Gasteiger charge is -2.48. The first-order chi connectivity index (χ1) is 47.0. The van der Waals surface area contributed by atoms with Crippen LogP contribution < -0.4 is 31.3 Å². The monoisotopic (exact) mass is 1430 g/mol. The number of benzene rings is 1. The average molecular weight is 1430 g/mol. The summed E-state index contributed by atoms with van der Waals surface area (Å²) in [4.78, 5) is 64.0. The Hall–Kier alpha value is -4.89. The number of rotatable bonds is 40. The Morgan fingerprint density at radius 3 is 1.70 bits per heavy atom. The van der Waals surface area contributed by atoms with Gasteiger partial charge in [0.1, 0.15) is 115 Å². The molecular weight excluding hydrogens is 1320 g/mol. The van der Waals surface area contributed by atoms with Crippen LogP contribution in [-0.4, -0.2) is 319 Å². The van der Waals surface area contributed by atoms with Gasteiger partial charge in [0.15, 0.2) is 37.7 Å². The molecule has 0 spiro atoms. The molecule has 99 heavy (non-hydrogen) atoms. The molecule has 4 heterocycles. The number of hydrogen-bond acceptors (Lipinski definition) is 31. The third-order valence-electron chi connectivity index (χ3n) is 16.8. The summed E-state index contributed by atoms with van der Waals surface area (Å²) >= 11 is 0. The lowest BCUT2D eigenvalue weighted by atomic mass is 9.94. The first-order valence-corrected chi connectivity index (χ1v) is 33.1. The smallest absolute Gasteiger partial charge is 0.251 e. The summed E-state index contributed by atoms with van der Waals surface area (Å²) in [5.41, 5.74) is 0.0550. The number of carbonyl (C=O) groups is 5. The van der Waals surface area contributed by atoms with E-state index in [0.717, 1.165) is 53.4 Å². The average Bonchev–Trinajstić information content (AvgIpc) is 0.784. The molecule has 28 atom stereocenters.